The average Bonchev–Trinajstić information content (AvgIpc) is 2.72. The van der Waals surface area contributed by atoms with Crippen molar-refractivity contribution in [3.63, 3.8) is 0 Å². The van der Waals surface area contributed by atoms with Gasteiger partial charge in [-0.3, -0.25) is 4.79 Å². The quantitative estimate of drug-likeness (QED) is 0.804. The van der Waals surface area contributed by atoms with E-state index in [1.807, 2.05) is 6.07 Å². The zero-order valence-electron chi connectivity index (χ0n) is 15.1. The van der Waals surface area contributed by atoms with E-state index in [2.05, 4.69) is 5.32 Å². The van der Waals surface area contributed by atoms with Gasteiger partial charge in [-0.2, -0.15) is 0 Å². The van der Waals surface area contributed by atoms with Crippen LogP contribution in [-0.2, 0) is 9.53 Å². The molecule has 0 radical (unpaired) electrons. The summed E-state index contributed by atoms with van der Waals surface area (Å²) in [6.07, 6.45) is -0.876. The van der Waals surface area contributed by atoms with Crippen LogP contribution in [0.2, 0.25) is 0 Å². The largest absolute Gasteiger partial charge is 0.493 e. The van der Waals surface area contributed by atoms with E-state index < -0.39 is 18.0 Å². The maximum absolute atomic E-state index is 12.7. The van der Waals surface area contributed by atoms with E-state index in [0.29, 0.717) is 23.0 Å². The van der Waals surface area contributed by atoms with Gasteiger partial charge in [0, 0.05) is 12.1 Å². The van der Waals surface area contributed by atoms with Crippen LogP contribution < -0.4 is 24.3 Å². The minimum Gasteiger partial charge on any atom is -0.493 e. The van der Waals surface area contributed by atoms with Crippen LogP contribution in [-0.4, -0.2) is 45.9 Å². The topological polar surface area (TPSA) is 92.3 Å². The number of benzene rings is 2. The number of anilines is 1. The Bertz CT molecular complexity index is 865. The summed E-state index contributed by atoms with van der Waals surface area (Å²) in [5.41, 5.74) is 0.340. The molecule has 2 aromatic carbocycles. The molecule has 0 spiro atoms. The Balaban J connectivity index is 1.86. The molecule has 2 aromatic rings. The molecule has 0 saturated heterocycles. The highest BCUT2D eigenvalue weighted by Gasteiger charge is 2.29. The second kappa shape index (κ2) is 7.86. The van der Waals surface area contributed by atoms with Crippen LogP contribution in [0.4, 0.5) is 5.69 Å². The van der Waals surface area contributed by atoms with Gasteiger partial charge in [-0.15, -0.1) is 0 Å². The highest BCUT2D eigenvalue weighted by atomic mass is 16.6. The number of ether oxygens (including phenoxy) is 5. The lowest BCUT2D eigenvalue weighted by atomic mass is 10.1. The first-order chi connectivity index (χ1) is 13.1. The van der Waals surface area contributed by atoms with Gasteiger partial charge < -0.3 is 29.0 Å². The molecular formula is C19H19NO7. The summed E-state index contributed by atoms with van der Waals surface area (Å²) in [5.74, 6) is 0.639. The van der Waals surface area contributed by atoms with E-state index in [-0.39, 0.29) is 17.9 Å². The number of hydrogen-bond acceptors (Lipinski definition) is 7. The molecule has 0 bridgehead atoms. The molecule has 0 aliphatic carbocycles. The monoisotopic (exact) mass is 373 g/mol. The second-order valence-corrected chi connectivity index (χ2v) is 5.60. The Morgan fingerprint density at radius 1 is 1.04 bits per heavy atom. The Morgan fingerprint density at radius 3 is 2.37 bits per heavy atom. The first-order valence-electron chi connectivity index (χ1n) is 8.11. The van der Waals surface area contributed by atoms with Gasteiger partial charge in [-0.05, 0) is 12.1 Å². The van der Waals surface area contributed by atoms with E-state index in [9.17, 15) is 9.59 Å². The zero-order chi connectivity index (χ0) is 19.4. The van der Waals surface area contributed by atoms with Crippen LogP contribution in [0.25, 0.3) is 0 Å². The number of methoxy groups -OCH3 is 3. The molecule has 1 aliphatic rings. The summed E-state index contributed by atoms with van der Waals surface area (Å²) < 4.78 is 26.5. The van der Waals surface area contributed by atoms with Crippen molar-refractivity contribution in [2.45, 2.75) is 6.10 Å². The molecule has 1 atom stereocenters. The normalized spacial score (nSPS) is 14.9. The third-order valence-electron chi connectivity index (χ3n) is 3.99. The highest BCUT2D eigenvalue weighted by molar-refractivity contribution is 6.03. The number of carbonyl (C=O) groups excluding carboxylic acids is 2. The van der Waals surface area contributed by atoms with Crippen LogP contribution in [0, 0.1) is 0 Å². The summed E-state index contributed by atoms with van der Waals surface area (Å²) in [4.78, 5) is 24.8. The van der Waals surface area contributed by atoms with E-state index >= 15 is 0 Å². The van der Waals surface area contributed by atoms with Crippen molar-refractivity contribution in [2.24, 2.45) is 0 Å². The van der Waals surface area contributed by atoms with Crippen molar-refractivity contribution in [2.75, 3.05) is 33.3 Å². The number of amides is 1. The molecule has 27 heavy (non-hydrogen) atoms. The van der Waals surface area contributed by atoms with Gasteiger partial charge in [-0.1, -0.05) is 12.1 Å². The molecule has 1 heterocycles. The fourth-order valence-electron chi connectivity index (χ4n) is 2.62. The van der Waals surface area contributed by atoms with Crippen molar-refractivity contribution < 1.29 is 33.3 Å². The van der Waals surface area contributed by atoms with Crippen molar-refractivity contribution in [3.8, 4) is 23.0 Å². The average molecular weight is 373 g/mol. The third-order valence-corrected chi connectivity index (χ3v) is 3.99. The van der Waals surface area contributed by atoms with Gasteiger partial charge in [0.05, 0.1) is 32.6 Å². The minimum atomic E-state index is -0.876. The summed E-state index contributed by atoms with van der Waals surface area (Å²) in [6.45, 7) is 0.0453. The van der Waals surface area contributed by atoms with E-state index in [1.54, 1.807) is 18.2 Å². The number of para-hydroxylation sites is 2. The molecule has 8 heteroatoms. The van der Waals surface area contributed by atoms with Gasteiger partial charge in [0.15, 0.2) is 23.0 Å². The predicted molar refractivity (Wildman–Crippen MR) is 95.9 cm³/mol. The van der Waals surface area contributed by atoms with Crippen molar-refractivity contribution in [1.29, 1.82) is 0 Å². The number of rotatable bonds is 5. The Labute approximate surface area is 155 Å². The van der Waals surface area contributed by atoms with Gasteiger partial charge in [-0.25, -0.2) is 4.79 Å². The predicted octanol–water partition coefficient (Wildman–Crippen LogP) is 2.27. The third kappa shape index (κ3) is 3.74. The second-order valence-electron chi connectivity index (χ2n) is 5.60. The number of hydrogen-bond donors (Lipinski definition) is 1. The standard InChI is InChI=1S/C19H19NO7/c1-23-15-8-11(19(22)25-3)12(9-16(15)24-2)20-18(21)17-10-26-13-6-4-5-7-14(13)27-17/h4-9,17H,10H2,1-3H3,(H,20,21). The molecule has 1 aliphatic heterocycles. The fraction of sp³-hybridized carbons (Fsp3) is 0.263. The van der Waals surface area contributed by atoms with Crippen molar-refractivity contribution >= 4 is 17.6 Å². The lowest BCUT2D eigenvalue weighted by Crippen LogP contribution is -2.40. The first-order valence-corrected chi connectivity index (χ1v) is 8.11. The molecule has 1 unspecified atom stereocenters. The SMILES string of the molecule is COC(=O)c1cc(OC)c(OC)cc1NC(=O)C1COc2ccccc2O1. The zero-order valence-corrected chi connectivity index (χ0v) is 15.1. The lowest BCUT2D eigenvalue weighted by molar-refractivity contribution is -0.125. The van der Waals surface area contributed by atoms with Crippen molar-refractivity contribution in [1.82, 2.24) is 0 Å². The van der Waals surface area contributed by atoms with E-state index in [4.69, 9.17) is 23.7 Å². The van der Waals surface area contributed by atoms with Crippen LogP contribution >= 0.6 is 0 Å². The highest BCUT2D eigenvalue weighted by Crippen LogP contribution is 2.35. The molecule has 0 aromatic heterocycles. The maximum atomic E-state index is 12.7. The smallest absolute Gasteiger partial charge is 0.340 e. The van der Waals surface area contributed by atoms with Gasteiger partial charge in [0.2, 0.25) is 6.10 Å². The van der Waals surface area contributed by atoms with Gasteiger partial charge in [0.1, 0.15) is 6.61 Å². The van der Waals surface area contributed by atoms with Crippen LogP contribution in [0.3, 0.4) is 0 Å². The van der Waals surface area contributed by atoms with Crippen molar-refractivity contribution in [3.05, 3.63) is 42.0 Å². The van der Waals surface area contributed by atoms with Crippen LogP contribution in [0.15, 0.2) is 36.4 Å². The molecule has 0 saturated carbocycles. The van der Waals surface area contributed by atoms with Crippen LogP contribution in [0.1, 0.15) is 10.4 Å². The number of nitrogens with one attached hydrogen (secondary N) is 1. The first kappa shape index (κ1) is 18.4. The number of fused-ring (bicyclic) bond motifs is 1. The number of esters is 1. The Morgan fingerprint density at radius 2 is 1.70 bits per heavy atom. The van der Waals surface area contributed by atoms with E-state index in [0.717, 1.165) is 0 Å². The molecule has 1 amide bonds. The molecule has 3 rings (SSSR count). The lowest BCUT2D eigenvalue weighted by Gasteiger charge is -2.26. The molecule has 0 fully saturated rings. The molecule has 1 N–H and O–H groups in total. The molecule has 142 valence electrons. The number of carbonyl (C=O) groups is 2. The van der Waals surface area contributed by atoms with E-state index in [1.165, 1.54) is 33.5 Å². The Kier molecular flexibility index (Phi) is 5.35. The van der Waals surface area contributed by atoms with Gasteiger partial charge >= 0.3 is 5.97 Å². The summed E-state index contributed by atoms with van der Waals surface area (Å²) in [7, 11) is 4.15. The Hall–Kier alpha value is -3.42. The molecular weight excluding hydrogens is 354 g/mol. The minimum absolute atomic E-state index is 0.0453. The molecule has 8 nitrogen and oxygen atoms in total. The summed E-state index contributed by atoms with van der Waals surface area (Å²) in [5, 5.41) is 2.67. The summed E-state index contributed by atoms with van der Waals surface area (Å²) >= 11 is 0. The maximum Gasteiger partial charge on any atom is 0.340 e. The van der Waals surface area contributed by atoms with Crippen LogP contribution in [0.5, 0.6) is 23.0 Å². The van der Waals surface area contributed by atoms with Gasteiger partial charge in [0.25, 0.3) is 5.91 Å². The summed E-state index contributed by atoms with van der Waals surface area (Å²) in [6, 6.07) is 9.99. The fourth-order valence-corrected chi connectivity index (χ4v) is 2.62.